The number of aromatic nitrogens is 3. The Kier molecular flexibility index (Phi) is 7.13. The van der Waals surface area contributed by atoms with Gasteiger partial charge in [-0.3, -0.25) is 0 Å². The number of aromatic carboxylic acids is 1. The van der Waals surface area contributed by atoms with Crippen molar-refractivity contribution in [1.29, 1.82) is 0 Å². The molecule has 0 bridgehead atoms. The van der Waals surface area contributed by atoms with Crippen molar-refractivity contribution >= 4 is 17.7 Å². The molecule has 0 aliphatic heterocycles. The second kappa shape index (κ2) is 9.97. The van der Waals surface area contributed by atoms with Gasteiger partial charge in [-0.1, -0.05) is 23.9 Å². The molecule has 0 aliphatic carbocycles. The van der Waals surface area contributed by atoms with Gasteiger partial charge in [0.05, 0.1) is 19.3 Å². The van der Waals surface area contributed by atoms with E-state index in [1.807, 2.05) is 35.9 Å². The maximum atomic E-state index is 10.8. The predicted molar refractivity (Wildman–Crippen MR) is 111 cm³/mol. The van der Waals surface area contributed by atoms with Crippen molar-refractivity contribution in [2.45, 2.75) is 18.0 Å². The number of hydrogen-bond donors (Lipinski definition) is 1. The summed E-state index contributed by atoms with van der Waals surface area (Å²) >= 11 is 1.64. The fourth-order valence-electron chi connectivity index (χ4n) is 2.66. The first-order chi connectivity index (χ1) is 14.1. The second-order valence-electron chi connectivity index (χ2n) is 6.36. The Morgan fingerprint density at radius 1 is 1.07 bits per heavy atom. The zero-order chi connectivity index (χ0) is 20.6. The highest BCUT2D eigenvalue weighted by Crippen LogP contribution is 2.20. The molecule has 8 heteroatoms. The van der Waals surface area contributed by atoms with E-state index in [9.17, 15) is 4.79 Å². The van der Waals surface area contributed by atoms with Crippen LogP contribution in [-0.4, -0.2) is 45.3 Å². The van der Waals surface area contributed by atoms with Crippen LogP contribution in [0.15, 0.2) is 53.7 Å². The maximum absolute atomic E-state index is 10.8. The highest BCUT2D eigenvalue weighted by molar-refractivity contribution is 7.99. The van der Waals surface area contributed by atoms with E-state index in [1.54, 1.807) is 31.0 Å². The summed E-state index contributed by atoms with van der Waals surface area (Å²) in [7, 11) is 3.63. The van der Waals surface area contributed by atoms with E-state index in [4.69, 9.17) is 14.6 Å². The minimum absolute atomic E-state index is 0.251. The second-order valence-corrected chi connectivity index (χ2v) is 7.42. The number of rotatable bonds is 10. The first kappa shape index (κ1) is 20.7. The molecule has 1 aromatic heterocycles. The molecule has 0 aliphatic rings. The fourth-order valence-corrected chi connectivity index (χ4v) is 3.50. The molecule has 0 unspecified atom stereocenters. The molecule has 0 fully saturated rings. The van der Waals surface area contributed by atoms with Crippen molar-refractivity contribution in [2.75, 3.05) is 19.5 Å². The Labute approximate surface area is 173 Å². The van der Waals surface area contributed by atoms with E-state index >= 15 is 0 Å². The van der Waals surface area contributed by atoms with Gasteiger partial charge < -0.3 is 19.1 Å². The van der Waals surface area contributed by atoms with Gasteiger partial charge in [-0.05, 0) is 48.4 Å². The number of carbonyl (C=O) groups is 1. The molecular formula is C21H23N3O4S. The number of hydrogen-bond acceptors (Lipinski definition) is 6. The molecule has 0 atom stereocenters. The van der Waals surface area contributed by atoms with Crippen molar-refractivity contribution in [3.05, 3.63) is 65.5 Å². The van der Waals surface area contributed by atoms with E-state index in [0.717, 1.165) is 34.5 Å². The fraction of sp³-hybridized carbons (Fsp3) is 0.286. The van der Waals surface area contributed by atoms with Gasteiger partial charge >= 0.3 is 5.97 Å². The zero-order valence-corrected chi connectivity index (χ0v) is 17.2. The summed E-state index contributed by atoms with van der Waals surface area (Å²) in [6.45, 7) is 0.552. The van der Waals surface area contributed by atoms with Crippen LogP contribution in [0.1, 0.15) is 28.2 Å². The molecule has 7 nitrogen and oxygen atoms in total. The number of carboxylic acid groups (broad SMARTS) is 1. The SMILES string of the molecule is COc1ccc(Cc2nnc(SCCCOc3ccc(C(=O)O)cc3)n2C)cc1. The summed E-state index contributed by atoms with van der Waals surface area (Å²) in [6.07, 6.45) is 1.55. The number of carboxylic acids is 1. The van der Waals surface area contributed by atoms with Gasteiger partial charge in [0, 0.05) is 19.2 Å². The van der Waals surface area contributed by atoms with Crippen LogP contribution >= 0.6 is 11.8 Å². The summed E-state index contributed by atoms with van der Waals surface area (Å²) in [4.78, 5) is 10.8. The van der Waals surface area contributed by atoms with Gasteiger partial charge in [0.15, 0.2) is 5.16 Å². The van der Waals surface area contributed by atoms with Crippen LogP contribution in [0.25, 0.3) is 0 Å². The van der Waals surface area contributed by atoms with Crippen LogP contribution in [0.5, 0.6) is 11.5 Å². The summed E-state index contributed by atoms with van der Waals surface area (Å²) in [5.74, 6) is 2.32. The topological polar surface area (TPSA) is 86.5 Å². The number of thioether (sulfide) groups is 1. The number of ether oxygens (including phenoxy) is 2. The van der Waals surface area contributed by atoms with Crippen LogP contribution in [0.2, 0.25) is 0 Å². The third-order valence-electron chi connectivity index (χ3n) is 4.34. The molecule has 3 rings (SSSR count). The lowest BCUT2D eigenvalue weighted by Crippen LogP contribution is -2.02. The van der Waals surface area contributed by atoms with Crippen molar-refractivity contribution in [1.82, 2.24) is 14.8 Å². The van der Waals surface area contributed by atoms with Crippen LogP contribution < -0.4 is 9.47 Å². The van der Waals surface area contributed by atoms with Crippen molar-refractivity contribution < 1.29 is 19.4 Å². The highest BCUT2D eigenvalue weighted by Gasteiger charge is 2.10. The Hall–Kier alpha value is -3.00. The van der Waals surface area contributed by atoms with Crippen molar-refractivity contribution in [3.63, 3.8) is 0 Å². The predicted octanol–water partition coefficient (Wildman–Crippen LogP) is 3.67. The lowest BCUT2D eigenvalue weighted by Gasteiger charge is -2.07. The Balaban J connectivity index is 1.43. The van der Waals surface area contributed by atoms with E-state index in [2.05, 4.69) is 10.2 Å². The summed E-state index contributed by atoms with van der Waals surface area (Å²) in [5.41, 5.74) is 1.40. The smallest absolute Gasteiger partial charge is 0.335 e. The monoisotopic (exact) mass is 413 g/mol. The minimum atomic E-state index is -0.942. The molecular weight excluding hydrogens is 390 g/mol. The minimum Gasteiger partial charge on any atom is -0.497 e. The van der Waals surface area contributed by atoms with Crippen molar-refractivity contribution in [3.8, 4) is 11.5 Å². The van der Waals surface area contributed by atoms with Crippen LogP contribution in [0.4, 0.5) is 0 Å². The van der Waals surface area contributed by atoms with Gasteiger partial charge in [-0.15, -0.1) is 10.2 Å². The van der Waals surface area contributed by atoms with Gasteiger partial charge in [0.2, 0.25) is 0 Å². The average molecular weight is 413 g/mol. The molecule has 0 saturated heterocycles. The first-order valence-electron chi connectivity index (χ1n) is 9.17. The highest BCUT2D eigenvalue weighted by atomic mass is 32.2. The zero-order valence-electron chi connectivity index (χ0n) is 16.4. The van der Waals surface area contributed by atoms with E-state index < -0.39 is 5.97 Å². The van der Waals surface area contributed by atoms with Crippen LogP contribution in [0.3, 0.4) is 0 Å². The standard InChI is InChI=1S/C21H23N3O4S/c1-24-19(14-15-4-8-17(27-2)9-5-15)22-23-21(24)29-13-3-12-28-18-10-6-16(7-11-18)20(25)26/h4-11H,3,12-14H2,1-2H3,(H,25,26). The molecule has 1 N–H and O–H groups in total. The molecule has 0 spiro atoms. The maximum Gasteiger partial charge on any atom is 0.335 e. The van der Waals surface area contributed by atoms with Crippen LogP contribution in [-0.2, 0) is 13.5 Å². The third-order valence-corrected chi connectivity index (χ3v) is 5.44. The molecule has 2 aromatic carbocycles. The number of methoxy groups -OCH3 is 1. The largest absolute Gasteiger partial charge is 0.497 e. The Bertz CT molecular complexity index is 940. The lowest BCUT2D eigenvalue weighted by atomic mass is 10.1. The molecule has 0 saturated carbocycles. The quantitative estimate of drug-likeness (QED) is 0.401. The molecule has 1 heterocycles. The molecule has 0 amide bonds. The van der Waals surface area contributed by atoms with Crippen molar-refractivity contribution in [2.24, 2.45) is 7.05 Å². The molecule has 152 valence electrons. The molecule has 0 radical (unpaired) electrons. The number of nitrogens with zero attached hydrogens (tertiary/aromatic N) is 3. The Morgan fingerprint density at radius 2 is 1.76 bits per heavy atom. The normalized spacial score (nSPS) is 10.7. The lowest BCUT2D eigenvalue weighted by molar-refractivity contribution is 0.0697. The molecule has 3 aromatic rings. The van der Waals surface area contributed by atoms with Gasteiger partial charge in [-0.25, -0.2) is 4.79 Å². The number of benzene rings is 2. The van der Waals surface area contributed by atoms with Gasteiger partial charge in [0.25, 0.3) is 0 Å². The van der Waals surface area contributed by atoms with E-state index in [1.165, 1.54) is 12.1 Å². The van der Waals surface area contributed by atoms with Gasteiger partial charge in [0.1, 0.15) is 17.3 Å². The summed E-state index contributed by atoms with van der Waals surface area (Å²) < 4.78 is 12.9. The van der Waals surface area contributed by atoms with Crippen LogP contribution in [0, 0.1) is 0 Å². The van der Waals surface area contributed by atoms with E-state index in [0.29, 0.717) is 18.8 Å². The average Bonchev–Trinajstić information content (AvgIpc) is 3.08. The molecule has 29 heavy (non-hydrogen) atoms. The Morgan fingerprint density at radius 3 is 2.41 bits per heavy atom. The van der Waals surface area contributed by atoms with Gasteiger partial charge in [-0.2, -0.15) is 0 Å². The third kappa shape index (κ3) is 5.74. The summed E-state index contributed by atoms with van der Waals surface area (Å²) in [5, 5.41) is 18.4. The first-order valence-corrected chi connectivity index (χ1v) is 10.2. The summed E-state index contributed by atoms with van der Waals surface area (Å²) in [6, 6.07) is 14.4. The van der Waals surface area contributed by atoms with E-state index in [-0.39, 0.29) is 5.56 Å².